The Hall–Kier alpha value is -0.530. The predicted molar refractivity (Wildman–Crippen MR) is 38.6 cm³/mol. The zero-order valence-corrected chi connectivity index (χ0v) is 6.18. The van der Waals surface area contributed by atoms with Crippen molar-refractivity contribution in [3.8, 4) is 0 Å². The summed E-state index contributed by atoms with van der Waals surface area (Å²) in [6.45, 7) is 1.03. The van der Waals surface area contributed by atoms with Gasteiger partial charge < -0.3 is 4.90 Å². The van der Waals surface area contributed by atoms with Crippen LogP contribution in [0.4, 0.5) is 0 Å². The fourth-order valence-electron chi connectivity index (χ4n) is 2.06. The van der Waals surface area contributed by atoms with Gasteiger partial charge in [0.2, 0.25) is 5.91 Å². The summed E-state index contributed by atoms with van der Waals surface area (Å²) in [4.78, 5) is 13.2. The zero-order chi connectivity index (χ0) is 6.97. The Bertz CT molecular complexity index is 155. The molecule has 2 fully saturated rings. The van der Waals surface area contributed by atoms with Gasteiger partial charge in [0.25, 0.3) is 0 Å². The summed E-state index contributed by atoms with van der Waals surface area (Å²) in [5.41, 5.74) is 0. The first-order chi connectivity index (χ1) is 4.88. The largest absolute Gasteiger partial charge is 0.340 e. The van der Waals surface area contributed by atoms with Gasteiger partial charge in [0.1, 0.15) is 0 Å². The van der Waals surface area contributed by atoms with E-state index in [1.807, 2.05) is 0 Å². The van der Waals surface area contributed by atoms with E-state index >= 15 is 0 Å². The quantitative estimate of drug-likeness (QED) is 0.493. The normalized spacial score (nSPS) is 32.6. The lowest BCUT2D eigenvalue weighted by molar-refractivity contribution is -0.129. The molecule has 0 spiro atoms. The van der Waals surface area contributed by atoms with Crippen LogP contribution in [0.3, 0.4) is 0 Å². The third-order valence-corrected chi connectivity index (χ3v) is 2.64. The highest BCUT2D eigenvalue weighted by Gasteiger charge is 2.31. The number of amides is 1. The molecule has 2 heterocycles. The molecule has 2 heteroatoms. The fraction of sp³-hybridized carbons (Fsp3) is 0.875. The van der Waals surface area contributed by atoms with Gasteiger partial charge in [-0.1, -0.05) is 0 Å². The molecule has 2 rings (SSSR count). The highest BCUT2D eigenvalue weighted by atomic mass is 16.2. The molecule has 10 heavy (non-hydrogen) atoms. The molecule has 56 valence electrons. The molecule has 0 N–H and O–H groups in total. The number of fused-ring (bicyclic) bond motifs is 1. The molecule has 2 saturated heterocycles. The zero-order valence-electron chi connectivity index (χ0n) is 6.18. The molecule has 0 aromatic rings. The second-order valence-electron chi connectivity index (χ2n) is 3.28. The molecule has 0 bridgehead atoms. The number of rotatable bonds is 0. The average molecular weight is 139 g/mol. The highest BCUT2D eigenvalue weighted by Crippen LogP contribution is 2.27. The maximum Gasteiger partial charge on any atom is 0.222 e. The summed E-state index contributed by atoms with van der Waals surface area (Å²) >= 11 is 0. The third-order valence-electron chi connectivity index (χ3n) is 2.64. The minimum atomic E-state index is 0.393. The average Bonchev–Trinajstić information content (AvgIpc) is 2.34. The summed E-state index contributed by atoms with van der Waals surface area (Å²) in [6, 6.07) is 0.626. The molecule has 0 aromatic heterocycles. The monoisotopic (exact) mass is 139 g/mol. The number of carbonyl (C=O) groups excluding carboxylic acids is 1. The van der Waals surface area contributed by atoms with Gasteiger partial charge in [-0.25, -0.2) is 0 Å². The van der Waals surface area contributed by atoms with Crippen LogP contribution in [0.5, 0.6) is 0 Å². The van der Waals surface area contributed by atoms with Gasteiger partial charge in [0.15, 0.2) is 0 Å². The number of hydrogen-bond donors (Lipinski definition) is 0. The first-order valence-electron chi connectivity index (χ1n) is 4.17. The van der Waals surface area contributed by atoms with E-state index in [0.717, 1.165) is 19.4 Å². The molecule has 0 aliphatic carbocycles. The van der Waals surface area contributed by atoms with Gasteiger partial charge in [-0.15, -0.1) is 0 Å². The van der Waals surface area contributed by atoms with Crippen LogP contribution in [-0.4, -0.2) is 23.4 Å². The van der Waals surface area contributed by atoms with Crippen molar-refractivity contribution in [1.29, 1.82) is 0 Å². The van der Waals surface area contributed by atoms with Crippen molar-refractivity contribution in [3.63, 3.8) is 0 Å². The van der Waals surface area contributed by atoms with E-state index in [4.69, 9.17) is 0 Å². The van der Waals surface area contributed by atoms with Crippen LogP contribution >= 0.6 is 0 Å². The molecular weight excluding hydrogens is 126 g/mol. The van der Waals surface area contributed by atoms with Crippen molar-refractivity contribution in [2.24, 2.45) is 0 Å². The van der Waals surface area contributed by atoms with Crippen molar-refractivity contribution in [3.05, 3.63) is 0 Å². The Morgan fingerprint density at radius 1 is 1.30 bits per heavy atom. The maximum atomic E-state index is 11.1. The van der Waals surface area contributed by atoms with E-state index in [2.05, 4.69) is 4.90 Å². The predicted octanol–water partition coefficient (Wildman–Crippen LogP) is 1.16. The molecule has 0 unspecified atom stereocenters. The molecule has 1 atom stereocenters. The Morgan fingerprint density at radius 2 is 2.20 bits per heavy atom. The topological polar surface area (TPSA) is 20.3 Å². The number of piperidine rings is 1. The Balaban J connectivity index is 2.08. The van der Waals surface area contributed by atoms with Crippen LogP contribution < -0.4 is 0 Å². The first-order valence-corrected chi connectivity index (χ1v) is 4.17. The van der Waals surface area contributed by atoms with E-state index in [1.54, 1.807) is 0 Å². The lowest BCUT2D eigenvalue weighted by Crippen LogP contribution is -2.36. The van der Waals surface area contributed by atoms with Crippen LogP contribution in [0.25, 0.3) is 0 Å². The summed E-state index contributed by atoms with van der Waals surface area (Å²) in [6.07, 6.45) is 5.74. The SMILES string of the molecule is O=C1CC[C@H]2CCCCN12. The molecule has 0 aromatic carbocycles. The van der Waals surface area contributed by atoms with Gasteiger partial charge in [-0.2, -0.15) is 0 Å². The fourth-order valence-corrected chi connectivity index (χ4v) is 2.06. The molecule has 0 saturated carbocycles. The van der Waals surface area contributed by atoms with Gasteiger partial charge in [-0.3, -0.25) is 4.79 Å². The van der Waals surface area contributed by atoms with Crippen LogP contribution in [-0.2, 0) is 4.79 Å². The van der Waals surface area contributed by atoms with Gasteiger partial charge in [-0.05, 0) is 25.7 Å². The maximum absolute atomic E-state index is 11.1. The number of nitrogens with zero attached hydrogens (tertiary/aromatic N) is 1. The lowest BCUT2D eigenvalue weighted by atomic mass is 10.0. The van der Waals surface area contributed by atoms with E-state index in [-0.39, 0.29) is 0 Å². The molecule has 2 aliphatic heterocycles. The van der Waals surface area contributed by atoms with Crippen LogP contribution in [0.2, 0.25) is 0 Å². The highest BCUT2D eigenvalue weighted by molar-refractivity contribution is 5.78. The van der Waals surface area contributed by atoms with Gasteiger partial charge in [0, 0.05) is 19.0 Å². The minimum Gasteiger partial charge on any atom is -0.340 e. The van der Waals surface area contributed by atoms with E-state index in [9.17, 15) is 4.79 Å². The van der Waals surface area contributed by atoms with Crippen molar-refractivity contribution in [2.75, 3.05) is 6.54 Å². The van der Waals surface area contributed by atoms with E-state index < -0.39 is 0 Å². The number of carbonyl (C=O) groups is 1. The third kappa shape index (κ3) is 0.825. The van der Waals surface area contributed by atoms with Crippen molar-refractivity contribution in [2.45, 2.75) is 38.1 Å². The van der Waals surface area contributed by atoms with Crippen molar-refractivity contribution < 1.29 is 4.79 Å². The minimum absolute atomic E-state index is 0.393. The van der Waals surface area contributed by atoms with E-state index in [1.165, 1.54) is 19.3 Å². The molecule has 1 amide bonds. The smallest absolute Gasteiger partial charge is 0.222 e. The van der Waals surface area contributed by atoms with E-state index in [0.29, 0.717) is 11.9 Å². The Kier molecular flexibility index (Phi) is 1.40. The summed E-state index contributed by atoms with van der Waals surface area (Å²) in [5.74, 6) is 0.393. The van der Waals surface area contributed by atoms with Crippen LogP contribution in [0, 0.1) is 0 Å². The number of hydrogen-bond acceptors (Lipinski definition) is 1. The second kappa shape index (κ2) is 2.26. The standard InChI is InChI=1S/C8H13NO/c10-8-5-4-7-3-1-2-6-9(7)8/h7H,1-6H2/t7-/m1/s1. The van der Waals surface area contributed by atoms with Crippen LogP contribution in [0.15, 0.2) is 0 Å². The molecule has 2 nitrogen and oxygen atoms in total. The Labute approximate surface area is 61.2 Å². The second-order valence-corrected chi connectivity index (χ2v) is 3.28. The first kappa shape index (κ1) is 6.20. The summed E-state index contributed by atoms with van der Waals surface area (Å²) < 4.78 is 0. The van der Waals surface area contributed by atoms with Gasteiger partial charge >= 0.3 is 0 Å². The molecule has 2 aliphatic rings. The molecule has 0 radical (unpaired) electrons. The van der Waals surface area contributed by atoms with Crippen molar-refractivity contribution >= 4 is 5.91 Å². The Morgan fingerprint density at radius 3 is 3.00 bits per heavy atom. The van der Waals surface area contributed by atoms with Gasteiger partial charge in [0.05, 0.1) is 0 Å². The summed E-state index contributed by atoms with van der Waals surface area (Å²) in [5, 5.41) is 0. The summed E-state index contributed by atoms with van der Waals surface area (Å²) in [7, 11) is 0. The molecular formula is C8H13NO. The van der Waals surface area contributed by atoms with Crippen LogP contribution in [0.1, 0.15) is 32.1 Å². The lowest BCUT2D eigenvalue weighted by Gasteiger charge is -2.29. The van der Waals surface area contributed by atoms with Crippen molar-refractivity contribution in [1.82, 2.24) is 4.90 Å².